The summed E-state index contributed by atoms with van der Waals surface area (Å²) in [5.74, 6) is 1.19. The van der Waals surface area contributed by atoms with Crippen LogP contribution in [-0.4, -0.2) is 78.0 Å². The fraction of sp³-hybridized carbons (Fsp3) is 0.290. The van der Waals surface area contributed by atoms with Crippen LogP contribution in [0.5, 0.6) is 0 Å². The first kappa shape index (κ1) is 34.8. The summed E-state index contributed by atoms with van der Waals surface area (Å²) in [6.07, 6.45) is 4.13. The second-order valence-corrected chi connectivity index (χ2v) is 14.5. The Morgan fingerprint density at radius 1 is 0.812 bits per heavy atom. The van der Waals surface area contributed by atoms with Gasteiger partial charge < -0.3 is 10.4 Å². The average molecular weight is 715 g/mol. The molecule has 2 aliphatic rings. The van der Waals surface area contributed by atoms with Crippen LogP contribution in [-0.2, 0) is 22.9 Å². The molecule has 0 radical (unpaired) electrons. The van der Waals surface area contributed by atoms with Gasteiger partial charge in [-0.25, -0.2) is 33.0 Å². The molecule has 6 rings (SSSR count). The highest BCUT2D eigenvalue weighted by Gasteiger charge is 2.33. The summed E-state index contributed by atoms with van der Waals surface area (Å²) in [5.41, 5.74) is 2.11. The van der Waals surface area contributed by atoms with E-state index in [1.165, 1.54) is 27.9 Å². The van der Waals surface area contributed by atoms with E-state index in [-0.39, 0.29) is 36.2 Å². The molecule has 2 aromatic carbocycles. The van der Waals surface area contributed by atoms with Crippen molar-refractivity contribution in [2.24, 2.45) is 0 Å². The second-order valence-electron chi connectivity index (χ2n) is 11.7. The van der Waals surface area contributed by atoms with Gasteiger partial charge in [0.25, 0.3) is 0 Å². The molecule has 0 unspecified atom stereocenters. The zero-order valence-electron chi connectivity index (χ0n) is 26.7. The number of sulfone groups is 1. The van der Waals surface area contributed by atoms with E-state index in [1.54, 1.807) is 54.5 Å². The molecule has 0 aliphatic carbocycles. The van der Waals surface area contributed by atoms with Crippen molar-refractivity contribution in [2.45, 2.75) is 37.6 Å². The predicted molar refractivity (Wildman–Crippen MR) is 185 cm³/mol. The molecule has 0 saturated heterocycles. The molecule has 0 spiro atoms. The van der Waals surface area contributed by atoms with Crippen LogP contribution in [0.25, 0.3) is 0 Å². The number of fused-ring (bicyclic) bond motifs is 2. The number of halogens is 2. The summed E-state index contributed by atoms with van der Waals surface area (Å²) >= 11 is 12.4. The number of nitrogens with one attached hydrogen (secondary N) is 1. The number of carbonyl (C=O) groups is 2. The van der Waals surface area contributed by atoms with Crippen molar-refractivity contribution in [3.8, 4) is 0 Å². The van der Waals surface area contributed by atoms with Gasteiger partial charge in [0.2, 0.25) is 20.9 Å². The van der Waals surface area contributed by atoms with E-state index in [1.807, 2.05) is 26.0 Å². The van der Waals surface area contributed by atoms with Gasteiger partial charge in [0.1, 0.15) is 11.6 Å². The number of hydrogen-bond donors (Lipinski definition) is 2. The minimum atomic E-state index is -3.54. The Labute approximate surface area is 287 Å². The smallest absolute Gasteiger partial charge is 0.330 e. The van der Waals surface area contributed by atoms with Gasteiger partial charge >= 0.3 is 12.1 Å². The lowest BCUT2D eigenvalue weighted by Crippen LogP contribution is -2.46. The van der Waals surface area contributed by atoms with Crippen molar-refractivity contribution in [3.63, 3.8) is 0 Å². The van der Waals surface area contributed by atoms with E-state index < -0.39 is 15.4 Å². The van der Waals surface area contributed by atoms with Crippen LogP contribution in [0.4, 0.5) is 38.5 Å². The van der Waals surface area contributed by atoms with E-state index in [2.05, 4.69) is 25.3 Å². The molecule has 2 aliphatic heterocycles. The van der Waals surface area contributed by atoms with Gasteiger partial charge in [-0.3, -0.25) is 19.6 Å². The Balaban J connectivity index is 0.000000188. The molecule has 14 nitrogen and oxygen atoms in total. The number of aromatic nitrogens is 4. The van der Waals surface area contributed by atoms with Gasteiger partial charge in [-0.2, -0.15) is 4.98 Å². The number of aliphatic hydroxyl groups excluding tert-OH is 1. The fourth-order valence-electron chi connectivity index (χ4n) is 4.90. The molecule has 2 aromatic heterocycles. The van der Waals surface area contributed by atoms with Crippen molar-refractivity contribution < 1.29 is 23.1 Å². The third kappa shape index (κ3) is 7.13. The fourth-order valence-corrected chi connectivity index (χ4v) is 5.87. The molecule has 4 heterocycles. The zero-order chi connectivity index (χ0) is 35.0. The minimum Gasteiger partial charge on any atom is -0.394 e. The van der Waals surface area contributed by atoms with Crippen LogP contribution in [0.3, 0.4) is 0 Å². The summed E-state index contributed by atoms with van der Waals surface area (Å²) in [6.45, 7) is 4.16. The van der Waals surface area contributed by atoms with E-state index in [0.29, 0.717) is 45.3 Å². The zero-order valence-corrected chi connectivity index (χ0v) is 29.0. The van der Waals surface area contributed by atoms with Crippen molar-refractivity contribution >= 4 is 74.1 Å². The molecule has 0 fully saturated rings. The molecule has 0 saturated carbocycles. The van der Waals surface area contributed by atoms with Crippen molar-refractivity contribution in [3.05, 3.63) is 82.1 Å². The molecular weight excluding hydrogens is 681 g/mol. The van der Waals surface area contributed by atoms with Gasteiger partial charge in [0, 0.05) is 43.9 Å². The lowest BCUT2D eigenvalue weighted by Gasteiger charge is -2.34. The minimum absolute atomic E-state index is 0.0670. The molecule has 252 valence electrons. The summed E-state index contributed by atoms with van der Waals surface area (Å²) in [7, 11) is -0.349. The van der Waals surface area contributed by atoms with Crippen LogP contribution >= 0.6 is 23.2 Å². The Kier molecular flexibility index (Phi) is 9.78. The highest BCUT2D eigenvalue weighted by Crippen LogP contribution is 2.35. The molecule has 48 heavy (non-hydrogen) atoms. The second kappa shape index (κ2) is 13.5. The Bertz CT molecular complexity index is 2000. The summed E-state index contributed by atoms with van der Waals surface area (Å²) < 4.78 is 23.2. The summed E-state index contributed by atoms with van der Waals surface area (Å²) in [5, 5.41) is 13.1. The highest BCUT2D eigenvalue weighted by atomic mass is 35.5. The lowest BCUT2D eigenvalue weighted by molar-refractivity contribution is 0.233. The Morgan fingerprint density at radius 3 is 1.73 bits per heavy atom. The Hall–Kier alpha value is -4.57. The van der Waals surface area contributed by atoms with Crippen LogP contribution in [0.15, 0.2) is 66.1 Å². The first-order valence-electron chi connectivity index (χ1n) is 14.5. The number of nitrogens with zero attached hydrogens (tertiary/aromatic N) is 8. The average Bonchev–Trinajstić information content (AvgIpc) is 3.05. The topological polar surface area (TPSA) is 165 Å². The summed E-state index contributed by atoms with van der Waals surface area (Å²) in [4.78, 5) is 47.8. The number of benzene rings is 2. The number of anilines is 5. The first-order valence-corrected chi connectivity index (χ1v) is 17.2. The molecule has 4 aromatic rings. The van der Waals surface area contributed by atoms with Crippen LogP contribution < -0.4 is 24.9 Å². The number of urea groups is 2. The number of amides is 4. The first-order chi connectivity index (χ1) is 22.6. The van der Waals surface area contributed by atoms with Gasteiger partial charge in [-0.15, -0.1) is 0 Å². The third-order valence-corrected chi connectivity index (χ3v) is 8.95. The van der Waals surface area contributed by atoms with Gasteiger partial charge in [0.15, 0.2) is 0 Å². The quantitative estimate of drug-likeness (QED) is 0.260. The van der Waals surface area contributed by atoms with Crippen LogP contribution in [0.1, 0.15) is 25.0 Å². The normalized spacial score (nSPS) is 14.7. The van der Waals surface area contributed by atoms with Crippen LogP contribution in [0.2, 0.25) is 10.0 Å². The maximum atomic E-state index is 12.8. The third-order valence-electron chi connectivity index (χ3n) is 7.45. The number of carbonyl (C=O) groups excluding carboxylic acids is 2. The molecule has 0 atom stereocenters. The van der Waals surface area contributed by atoms with Crippen molar-refractivity contribution in [1.29, 1.82) is 0 Å². The maximum absolute atomic E-state index is 12.8. The molecule has 2 N–H and O–H groups in total. The van der Waals surface area contributed by atoms with Gasteiger partial charge in [0.05, 0.1) is 46.7 Å². The van der Waals surface area contributed by atoms with E-state index in [4.69, 9.17) is 23.2 Å². The summed E-state index contributed by atoms with van der Waals surface area (Å²) in [6, 6.07) is 13.7. The van der Waals surface area contributed by atoms with E-state index in [9.17, 15) is 23.1 Å². The van der Waals surface area contributed by atoms with E-state index >= 15 is 0 Å². The number of rotatable bonds is 6. The highest BCUT2D eigenvalue weighted by molar-refractivity contribution is 7.90. The molecular formula is C31H33Cl2N9O5S. The van der Waals surface area contributed by atoms with Crippen molar-refractivity contribution in [1.82, 2.24) is 19.9 Å². The SMILES string of the molecule is CN1C(=O)N(c2ccccc2Cl)Cc2cnc(NC(C)(C)CO)nc21.CN1C(=O)N(c2ccccc2Cl)Cc2cnc(S(C)(=O)=O)nc21. The standard InChI is InChI=1S/C17H20ClN5O2.C14H13ClN4O3S/c1-17(2,10-24)21-15-19-8-11-9-23(13-7-5-4-6-12(13)18)16(25)22(3)14(11)20-15;1-18-12-9(7-16-13(17-12)23(2,21)22)8-19(14(18)20)11-6-4-3-5-10(11)15/h4-8,24H,9-10H2,1-3H3,(H,19,20,21);3-7H,8H2,1-2H3. The lowest BCUT2D eigenvalue weighted by atomic mass is 10.1. The number of para-hydroxylation sites is 2. The predicted octanol–water partition coefficient (Wildman–Crippen LogP) is 5.00. The monoisotopic (exact) mass is 713 g/mol. The Morgan fingerprint density at radius 2 is 1.27 bits per heavy atom. The van der Waals surface area contributed by atoms with Crippen LogP contribution in [0, 0.1) is 0 Å². The largest absolute Gasteiger partial charge is 0.394 e. The molecule has 17 heteroatoms. The molecule has 0 bridgehead atoms. The number of aliphatic hydroxyl groups is 1. The maximum Gasteiger partial charge on any atom is 0.330 e. The van der Waals surface area contributed by atoms with Gasteiger partial charge in [-0.1, -0.05) is 47.5 Å². The number of hydrogen-bond acceptors (Lipinski definition) is 10. The van der Waals surface area contributed by atoms with Crippen molar-refractivity contribution in [2.75, 3.05) is 51.9 Å². The van der Waals surface area contributed by atoms with Gasteiger partial charge in [-0.05, 0) is 38.1 Å². The molecule has 4 amide bonds. The van der Waals surface area contributed by atoms with E-state index in [0.717, 1.165) is 11.8 Å².